The quantitative estimate of drug-likeness (QED) is 0.873. The van der Waals surface area contributed by atoms with E-state index in [9.17, 15) is 0 Å². The summed E-state index contributed by atoms with van der Waals surface area (Å²) in [6.07, 6.45) is 3.70. The second-order valence-electron chi connectivity index (χ2n) is 5.04. The van der Waals surface area contributed by atoms with E-state index in [1.165, 1.54) is 11.3 Å². The van der Waals surface area contributed by atoms with Crippen LogP contribution in [-0.4, -0.2) is 37.2 Å². The van der Waals surface area contributed by atoms with Crippen LogP contribution >= 0.6 is 0 Å². The first kappa shape index (κ1) is 11.8. The van der Waals surface area contributed by atoms with Crippen molar-refractivity contribution in [3.8, 4) is 0 Å². The maximum absolute atomic E-state index is 5.90. The molecular formula is C15H20N2O. The van der Waals surface area contributed by atoms with Gasteiger partial charge >= 0.3 is 0 Å². The van der Waals surface area contributed by atoms with Crippen LogP contribution in [0.1, 0.15) is 12.0 Å². The second-order valence-corrected chi connectivity index (χ2v) is 5.04. The number of hydrogen-bond acceptors (Lipinski definition) is 3. The fourth-order valence-corrected chi connectivity index (χ4v) is 2.34. The van der Waals surface area contributed by atoms with Crippen LogP contribution in [0.4, 0.5) is 0 Å². The van der Waals surface area contributed by atoms with Gasteiger partial charge in [0.25, 0.3) is 0 Å². The van der Waals surface area contributed by atoms with Gasteiger partial charge in [0.1, 0.15) is 6.10 Å². The van der Waals surface area contributed by atoms with Crippen molar-refractivity contribution in [3.63, 3.8) is 0 Å². The Morgan fingerprint density at radius 1 is 1.22 bits per heavy atom. The zero-order valence-electron chi connectivity index (χ0n) is 10.6. The number of nitrogens with one attached hydrogen (secondary N) is 1. The van der Waals surface area contributed by atoms with Gasteiger partial charge in [-0.3, -0.25) is 4.90 Å². The van der Waals surface area contributed by atoms with Crippen molar-refractivity contribution in [2.45, 2.75) is 19.1 Å². The molecule has 1 aromatic carbocycles. The molecule has 3 heteroatoms. The van der Waals surface area contributed by atoms with Gasteiger partial charge in [0.05, 0.1) is 5.76 Å². The molecule has 0 saturated carbocycles. The highest BCUT2D eigenvalue weighted by Crippen LogP contribution is 2.17. The number of rotatable bonds is 4. The lowest BCUT2D eigenvalue weighted by Gasteiger charge is -2.32. The van der Waals surface area contributed by atoms with Crippen LogP contribution in [0.25, 0.3) is 0 Å². The summed E-state index contributed by atoms with van der Waals surface area (Å²) in [6.45, 7) is 5.15. The smallest absolute Gasteiger partial charge is 0.123 e. The van der Waals surface area contributed by atoms with E-state index >= 15 is 0 Å². The molecule has 0 aliphatic carbocycles. The summed E-state index contributed by atoms with van der Waals surface area (Å²) < 4.78 is 5.90. The fourth-order valence-electron chi connectivity index (χ4n) is 2.34. The molecule has 0 aromatic heterocycles. The SMILES string of the molecule is C1=C(OC2CNC2)CCN(Cc2ccccc2)C1. The van der Waals surface area contributed by atoms with Crippen molar-refractivity contribution in [2.75, 3.05) is 26.2 Å². The largest absolute Gasteiger partial charge is 0.492 e. The van der Waals surface area contributed by atoms with Crippen LogP contribution in [0.15, 0.2) is 42.2 Å². The van der Waals surface area contributed by atoms with Gasteiger partial charge in [-0.05, 0) is 11.6 Å². The second kappa shape index (κ2) is 5.55. The van der Waals surface area contributed by atoms with Crippen molar-refractivity contribution in [3.05, 3.63) is 47.7 Å². The molecule has 3 nitrogen and oxygen atoms in total. The standard InChI is InChI=1S/C15H20N2O/c1-2-4-13(5-3-1)12-17-8-6-14(7-9-17)18-15-10-16-11-15/h1-6,15-16H,7-12H2. The van der Waals surface area contributed by atoms with E-state index in [-0.39, 0.29) is 0 Å². The average Bonchev–Trinajstić information content (AvgIpc) is 2.37. The number of nitrogens with zero attached hydrogens (tertiary/aromatic N) is 1. The Morgan fingerprint density at radius 3 is 2.67 bits per heavy atom. The summed E-state index contributed by atoms with van der Waals surface area (Å²) in [7, 11) is 0. The zero-order valence-corrected chi connectivity index (χ0v) is 10.6. The Morgan fingerprint density at radius 2 is 2.06 bits per heavy atom. The third kappa shape index (κ3) is 2.92. The first-order valence-electron chi connectivity index (χ1n) is 6.73. The Hall–Kier alpha value is -1.32. The Kier molecular flexibility index (Phi) is 3.62. The van der Waals surface area contributed by atoms with Crippen LogP contribution in [0, 0.1) is 0 Å². The number of ether oxygens (including phenoxy) is 1. The van der Waals surface area contributed by atoms with Gasteiger partial charge in [-0.25, -0.2) is 0 Å². The maximum atomic E-state index is 5.90. The summed E-state index contributed by atoms with van der Waals surface area (Å²) in [6, 6.07) is 10.7. The van der Waals surface area contributed by atoms with Crippen molar-refractivity contribution >= 4 is 0 Å². The third-order valence-electron chi connectivity index (χ3n) is 3.56. The monoisotopic (exact) mass is 244 g/mol. The molecule has 96 valence electrons. The first-order chi connectivity index (χ1) is 8.90. The normalized spacial score (nSPS) is 21.2. The molecule has 0 atom stereocenters. The lowest BCUT2D eigenvalue weighted by molar-refractivity contribution is 0.0576. The van der Waals surface area contributed by atoms with Crippen LogP contribution in [0.3, 0.4) is 0 Å². The molecular weight excluding hydrogens is 224 g/mol. The van der Waals surface area contributed by atoms with Crippen LogP contribution in [-0.2, 0) is 11.3 Å². The summed E-state index contributed by atoms with van der Waals surface area (Å²) in [5, 5.41) is 3.23. The molecule has 0 bridgehead atoms. The van der Waals surface area contributed by atoms with Gasteiger partial charge in [0.2, 0.25) is 0 Å². The molecule has 0 unspecified atom stereocenters. The van der Waals surface area contributed by atoms with Crippen LogP contribution in [0.2, 0.25) is 0 Å². The minimum Gasteiger partial charge on any atom is -0.492 e. The highest BCUT2D eigenvalue weighted by molar-refractivity contribution is 5.15. The van der Waals surface area contributed by atoms with E-state index < -0.39 is 0 Å². The molecule has 0 amide bonds. The van der Waals surface area contributed by atoms with E-state index in [0.717, 1.165) is 39.1 Å². The van der Waals surface area contributed by atoms with Crippen molar-refractivity contribution in [1.82, 2.24) is 10.2 Å². The van der Waals surface area contributed by atoms with E-state index in [4.69, 9.17) is 4.74 Å². The first-order valence-corrected chi connectivity index (χ1v) is 6.73. The molecule has 1 aromatic rings. The summed E-state index contributed by atoms with van der Waals surface area (Å²) >= 11 is 0. The summed E-state index contributed by atoms with van der Waals surface area (Å²) in [5.74, 6) is 1.19. The molecule has 2 aliphatic heterocycles. The minimum atomic E-state index is 0.414. The predicted molar refractivity (Wildman–Crippen MR) is 72.2 cm³/mol. The average molecular weight is 244 g/mol. The van der Waals surface area contributed by atoms with E-state index in [1.807, 2.05) is 0 Å². The van der Waals surface area contributed by atoms with E-state index in [2.05, 4.69) is 46.6 Å². The Labute approximate surface area is 108 Å². The van der Waals surface area contributed by atoms with Crippen molar-refractivity contribution in [1.29, 1.82) is 0 Å². The number of hydrogen-bond donors (Lipinski definition) is 1. The Bertz CT molecular complexity index is 412. The molecule has 3 rings (SSSR count). The predicted octanol–water partition coefficient (Wildman–Crippen LogP) is 1.76. The molecule has 1 saturated heterocycles. The maximum Gasteiger partial charge on any atom is 0.123 e. The lowest BCUT2D eigenvalue weighted by Crippen LogP contribution is -2.48. The van der Waals surface area contributed by atoms with E-state index in [0.29, 0.717) is 6.10 Å². The summed E-state index contributed by atoms with van der Waals surface area (Å²) in [4.78, 5) is 2.46. The topological polar surface area (TPSA) is 24.5 Å². The third-order valence-corrected chi connectivity index (χ3v) is 3.56. The molecule has 2 aliphatic rings. The van der Waals surface area contributed by atoms with Gasteiger partial charge < -0.3 is 10.1 Å². The van der Waals surface area contributed by atoms with Crippen LogP contribution < -0.4 is 5.32 Å². The van der Waals surface area contributed by atoms with Gasteiger partial charge in [0, 0.05) is 39.1 Å². The Balaban J connectivity index is 1.49. The molecule has 18 heavy (non-hydrogen) atoms. The molecule has 1 fully saturated rings. The van der Waals surface area contributed by atoms with Gasteiger partial charge in [-0.15, -0.1) is 0 Å². The van der Waals surface area contributed by atoms with Gasteiger partial charge in [-0.2, -0.15) is 0 Å². The van der Waals surface area contributed by atoms with Crippen LogP contribution in [0.5, 0.6) is 0 Å². The highest BCUT2D eigenvalue weighted by atomic mass is 16.5. The fraction of sp³-hybridized carbons (Fsp3) is 0.467. The van der Waals surface area contributed by atoms with E-state index in [1.54, 1.807) is 0 Å². The molecule has 0 spiro atoms. The van der Waals surface area contributed by atoms with Crippen molar-refractivity contribution in [2.24, 2.45) is 0 Å². The highest BCUT2D eigenvalue weighted by Gasteiger charge is 2.21. The van der Waals surface area contributed by atoms with Crippen molar-refractivity contribution < 1.29 is 4.74 Å². The van der Waals surface area contributed by atoms with Gasteiger partial charge in [-0.1, -0.05) is 30.3 Å². The van der Waals surface area contributed by atoms with Gasteiger partial charge in [0.15, 0.2) is 0 Å². The number of benzene rings is 1. The molecule has 1 N–H and O–H groups in total. The minimum absolute atomic E-state index is 0.414. The zero-order chi connectivity index (χ0) is 12.2. The molecule has 0 radical (unpaired) electrons. The lowest BCUT2D eigenvalue weighted by atomic mass is 10.1. The summed E-state index contributed by atoms with van der Waals surface area (Å²) in [5.41, 5.74) is 1.39. The molecule has 2 heterocycles.